The molecule has 6 nitrogen and oxygen atoms in total. The summed E-state index contributed by atoms with van der Waals surface area (Å²) >= 11 is 0. The molecule has 0 aliphatic carbocycles. The van der Waals surface area contributed by atoms with Gasteiger partial charge >= 0.3 is 0 Å². The first-order valence-electron chi connectivity index (χ1n) is 6.83. The highest BCUT2D eigenvalue weighted by Gasteiger charge is 2.24. The molecule has 2 aromatic carbocycles. The molecular formula is C15H12F2N4O2S. The Kier molecular flexibility index (Phi) is 4.02. The molecule has 0 aliphatic heterocycles. The monoisotopic (exact) mass is 350 g/mol. The normalized spacial score (nSPS) is 11.5. The van der Waals surface area contributed by atoms with E-state index >= 15 is 0 Å². The zero-order valence-corrected chi connectivity index (χ0v) is 13.2. The topological polar surface area (TPSA) is 87.7 Å². The summed E-state index contributed by atoms with van der Waals surface area (Å²) in [6.07, 6.45) is 0. The zero-order valence-electron chi connectivity index (χ0n) is 12.4. The highest BCUT2D eigenvalue weighted by atomic mass is 32.2. The molecule has 2 N–H and O–H groups in total. The third-order valence-corrected chi connectivity index (χ3v) is 4.59. The molecular weight excluding hydrogens is 338 g/mol. The predicted molar refractivity (Wildman–Crippen MR) is 83.7 cm³/mol. The lowest BCUT2D eigenvalue weighted by atomic mass is 10.2. The smallest absolute Gasteiger partial charge is 0.267 e. The number of aromatic amines is 1. The van der Waals surface area contributed by atoms with Crippen LogP contribution in [0.25, 0.3) is 11.4 Å². The Morgan fingerprint density at radius 3 is 2.38 bits per heavy atom. The van der Waals surface area contributed by atoms with E-state index in [1.165, 1.54) is 12.1 Å². The van der Waals surface area contributed by atoms with Gasteiger partial charge in [0.25, 0.3) is 10.0 Å². The maximum Gasteiger partial charge on any atom is 0.267 e. The van der Waals surface area contributed by atoms with Crippen molar-refractivity contribution >= 4 is 15.7 Å². The van der Waals surface area contributed by atoms with E-state index < -0.39 is 26.6 Å². The number of halogens is 2. The lowest BCUT2D eigenvalue weighted by Crippen LogP contribution is -2.16. The Bertz CT molecular complexity index is 982. The zero-order chi connectivity index (χ0) is 17.3. The number of nitrogens with zero attached hydrogens (tertiary/aromatic N) is 2. The number of aromatic nitrogens is 3. The number of benzene rings is 2. The first-order chi connectivity index (χ1) is 11.4. The molecule has 0 radical (unpaired) electrons. The predicted octanol–water partition coefficient (Wildman–Crippen LogP) is 2.86. The lowest BCUT2D eigenvalue weighted by molar-refractivity contribution is 0.521. The van der Waals surface area contributed by atoms with Gasteiger partial charge in [-0.05, 0) is 31.2 Å². The molecule has 0 bridgehead atoms. The molecule has 0 atom stereocenters. The van der Waals surface area contributed by atoms with Crippen molar-refractivity contribution in [3.8, 4) is 11.4 Å². The van der Waals surface area contributed by atoms with Gasteiger partial charge in [-0.25, -0.2) is 22.2 Å². The molecule has 0 unspecified atom stereocenters. The minimum Gasteiger partial charge on any atom is -0.279 e. The van der Waals surface area contributed by atoms with Gasteiger partial charge in [-0.2, -0.15) is 5.10 Å². The van der Waals surface area contributed by atoms with Gasteiger partial charge in [-0.15, -0.1) is 0 Å². The summed E-state index contributed by atoms with van der Waals surface area (Å²) in [5.74, 6) is -1.35. The first kappa shape index (κ1) is 16.1. The number of sulfonamides is 1. The number of hydrogen-bond acceptors (Lipinski definition) is 4. The second-order valence-electron chi connectivity index (χ2n) is 4.98. The first-order valence-corrected chi connectivity index (χ1v) is 8.31. The van der Waals surface area contributed by atoms with Crippen molar-refractivity contribution in [2.75, 3.05) is 4.72 Å². The van der Waals surface area contributed by atoms with E-state index in [-0.39, 0.29) is 5.69 Å². The van der Waals surface area contributed by atoms with Gasteiger partial charge in [0.15, 0.2) is 10.7 Å². The van der Waals surface area contributed by atoms with Gasteiger partial charge in [-0.1, -0.05) is 18.2 Å². The van der Waals surface area contributed by atoms with Crippen LogP contribution in [0, 0.1) is 18.6 Å². The van der Waals surface area contributed by atoms with Crippen LogP contribution in [0.3, 0.4) is 0 Å². The molecule has 0 saturated heterocycles. The van der Waals surface area contributed by atoms with Gasteiger partial charge in [-0.3, -0.25) is 9.82 Å². The van der Waals surface area contributed by atoms with Crippen LogP contribution in [0.2, 0.25) is 0 Å². The van der Waals surface area contributed by atoms with E-state index in [0.29, 0.717) is 17.2 Å². The molecule has 1 heterocycles. The third kappa shape index (κ3) is 3.11. The molecule has 3 rings (SSSR count). The molecule has 0 aliphatic rings. The van der Waals surface area contributed by atoms with Crippen molar-refractivity contribution in [2.45, 2.75) is 11.8 Å². The summed E-state index contributed by atoms with van der Waals surface area (Å²) in [6.45, 7) is 1.73. The summed E-state index contributed by atoms with van der Waals surface area (Å²) in [6, 6.07) is 9.05. The van der Waals surface area contributed by atoms with Crippen molar-refractivity contribution in [2.24, 2.45) is 0 Å². The largest absolute Gasteiger partial charge is 0.279 e. The second-order valence-corrected chi connectivity index (χ2v) is 6.60. The van der Waals surface area contributed by atoms with Gasteiger partial charge in [0.2, 0.25) is 0 Å². The molecule has 0 amide bonds. The van der Waals surface area contributed by atoms with Crippen LogP contribution in [0.15, 0.2) is 47.4 Å². The Morgan fingerprint density at radius 1 is 1.08 bits per heavy atom. The average molecular weight is 350 g/mol. The maximum absolute atomic E-state index is 13.7. The molecule has 1 aromatic heterocycles. The molecule has 9 heteroatoms. The van der Waals surface area contributed by atoms with Crippen LogP contribution in [-0.4, -0.2) is 23.6 Å². The lowest BCUT2D eigenvalue weighted by Gasteiger charge is -2.10. The summed E-state index contributed by atoms with van der Waals surface area (Å²) in [7, 11) is -4.42. The Labute approximate surface area is 136 Å². The van der Waals surface area contributed by atoms with Gasteiger partial charge in [0.1, 0.15) is 17.5 Å². The standard InChI is InChI=1S/C15H12F2N4O2S/c1-9-18-15(20-19-9)10-4-2-5-11(8-10)21-24(22,23)14-12(16)6-3-7-13(14)17/h2-8,21H,1H3,(H,18,19,20). The number of anilines is 1. The fourth-order valence-electron chi connectivity index (χ4n) is 2.14. The fourth-order valence-corrected chi connectivity index (χ4v) is 3.33. The highest BCUT2D eigenvalue weighted by Crippen LogP contribution is 2.24. The Hall–Kier alpha value is -2.81. The molecule has 0 spiro atoms. The highest BCUT2D eigenvalue weighted by molar-refractivity contribution is 7.92. The summed E-state index contributed by atoms with van der Waals surface area (Å²) in [5, 5.41) is 6.65. The minimum atomic E-state index is -4.42. The van der Waals surface area contributed by atoms with Crippen molar-refractivity contribution < 1.29 is 17.2 Å². The van der Waals surface area contributed by atoms with Crippen LogP contribution in [0.4, 0.5) is 14.5 Å². The van der Waals surface area contributed by atoms with Crippen molar-refractivity contribution in [1.29, 1.82) is 0 Å². The van der Waals surface area contributed by atoms with E-state index in [1.54, 1.807) is 19.1 Å². The second kappa shape index (κ2) is 6.00. The van der Waals surface area contributed by atoms with E-state index in [0.717, 1.165) is 18.2 Å². The summed E-state index contributed by atoms with van der Waals surface area (Å²) in [4.78, 5) is 3.12. The van der Waals surface area contributed by atoms with E-state index in [4.69, 9.17) is 0 Å². The van der Waals surface area contributed by atoms with Crippen LogP contribution in [0.5, 0.6) is 0 Å². The van der Waals surface area contributed by atoms with Gasteiger partial charge in [0.05, 0.1) is 0 Å². The quantitative estimate of drug-likeness (QED) is 0.757. The van der Waals surface area contributed by atoms with Crippen LogP contribution in [-0.2, 0) is 10.0 Å². The summed E-state index contributed by atoms with van der Waals surface area (Å²) in [5.41, 5.74) is 0.686. The van der Waals surface area contributed by atoms with Gasteiger partial charge in [0, 0.05) is 11.3 Å². The molecule has 0 fully saturated rings. The van der Waals surface area contributed by atoms with Crippen molar-refractivity contribution in [3.05, 3.63) is 59.9 Å². The van der Waals surface area contributed by atoms with Crippen molar-refractivity contribution in [3.63, 3.8) is 0 Å². The fraction of sp³-hybridized carbons (Fsp3) is 0.0667. The number of nitrogens with one attached hydrogen (secondary N) is 2. The Balaban J connectivity index is 1.96. The average Bonchev–Trinajstić information content (AvgIpc) is 2.93. The maximum atomic E-state index is 13.7. The van der Waals surface area contributed by atoms with E-state index in [9.17, 15) is 17.2 Å². The number of H-pyrrole nitrogens is 1. The molecule has 24 heavy (non-hydrogen) atoms. The Morgan fingerprint density at radius 2 is 1.75 bits per heavy atom. The molecule has 124 valence electrons. The molecule has 3 aromatic rings. The van der Waals surface area contributed by atoms with E-state index in [2.05, 4.69) is 19.9 Å². The minimum absolute atomic E-state index is 0.137. The SMILES string of the molecule is Cc1nc(-c2cccc(NS(=O)(=O)c3c(F)cccc3F)c2)n[nH]1. The number of aryl methyl sites for hydroxylation is 1. The number of rotatable bonds is 4. The van der Waals surface area contributed by atoms with E-state index in [1.807, 2.05) is 0 Å². The molecule has 0 saturated carbocycles. The number of hydrogen-bond donors (Lipinski definition) is 2. The third-order valence-electron chi connectivity index (χ3n) is 3.16. The van der Waals surface area contributed by atoms with Crippen LogP contribution >= 0.6 is 0 Å². The van der Waals surface area contributed by atoms with Crippen LogP contribution < -0.4 is 4.72 Å². The van der Waals surface area contributed by atoms with Crippen molar-refractivity contribution in [1.82, 2.24) is 15.2 Å². The summed E-state index contributed by atoms with van der Waals surface area (Å²) < 4.78 is 54.1. The van der Waals surface area contributed by atoms with Crippen LogP contribution in [0.1, 0.15) is 5.82 Å². The van der Waals surface area contributed by atoms with Gasteiger partial charge < -0.3 is 0 Å².